The summed E-state index contributed by atoms with van der Waals surface area (Å²) < 4.78 is 0. The summed E-state index contributed by atoms with van der Waals surface area (Å²) in [7, 11) is 0. The number of hydrazine groups is 1. The smallest absolute Gasteiger partial charge is 0.426 e. The van der Waals surface area contributed by atoms with Gasteiger partial charge in [-0.25, -0.2) is 9.80 Å². The molecule has 2 amide bonds. The molecule has 2 aromatic rings. The molecule has 0 unspecified atom stereocenters. The fourth-order valence-electron chi connectivity index (χ4n) is 1.90. The van der Waals surface area contributed by atoms with E-state index in [1.54, 1.807) is 12.3 Å². The molecule has 0 aliphatic heterocycles. The predicted octanol–water partition coefficient (Wildman–Crippen LogP) is 2.66. The van der Waals surface area contributed by atoms with Crippen LogP contribution in [0.3, 0.4) is 0 Å². The minimum absolute atomic E-state index is 0.191. The molecular formula is C15H17N3O3. The van der Waals surface area contributed by atoms with Crippen LogP contribution in [0.2, 0.25) is 0 Å². The summed E-state index contributed by atoms with van der Waals surface area (Å²) in [6.45, 7) is 2.21. The molecule has 0 radical (unpaired) electrons. The van der Waals surface area contributed by atoms with Gasteiger partial charge < -0.3 is 5.11 Å². The normalized spacial score (nSPS) is 10.3. The van der Waals surface area contributed by atoms with Crippen molar-refractivity contribution in [1.82, 2.24) is 15.4 Å². The van der Waals surface area contributed by atoms with E-state index >= 15 is 0 Å². The average Bonchev–Trinajstić information content (AvgIpc) is 2.50. The highest BCUT2D eigenvalue weighted by molar-refractivity contribution is 5.96. The van der Waals surface area contributed by atoms with Crippen LogP contribution in [-0.2, 0) is 0 Å². The van der Waals surface area contributed by atoms with Crippen molar-refractivity contribution in [2.24, 2.45) is 0 Å². The van der Waals surface area contributed by atoms with E-state index in [1.165, 1.54) is 0 Å². The molecule has 0 spiro atoms. The molecule has 6 nitrogen and oxygen atoms in total. The Morgan fingerprint density at radius 2 is 2.00 bits per heavy atom. The maximum Gasteiger partial charge on any atom is 0.426 e. The zero-order valence-corrected chi connectivity index (χ0v) is 11.7. The molecular weight excluding hydrogens is 270 g/mol. The number of hydrogen-bond acceptors (Lipinski definition) is 3. The van der Waals surface area contributed by atoms with E-state index in [9.17, 15) is 9.59 Å². The van der Waals surface area contributed by atoms with Gasteiger partial charge in [0.05, 0.1) is 0 Å². The molecule has 0 bridgehead atoms. The summed E-state index contributed by atoms with van der Waals surface area (Å²) in [6, 6.07) is 9.18. The van der Waals surface area contributed by atoms with Crippen LogP contribution in [0, 0.1) is 0 Å². The number of pyridine rings is 1. The van der Waals surface area contributed by atoms with Gasteiger partial charge >= 0.3 is 6.09 Å². The van der Waals surface area contributed by atoms with Crippen molar-refractivity contribution in [3.8, 4) is 0 Å². The van der Waals surface area contributed by atoms with Crippen molar-refractivity contribution in [3.05, 3.63) is 42.2 Å². The van der Waals surface area contributed by atoms with E-state index in [0.29, 0.717) is 6.42 Å². The highest BCUT2D eigenvalue weighted by Gasteiger charge is 2.16. The number of unbranched alkanes of at least 4 members (excludes halogenated alkanes) is 1. The monoisotopic (exact) mass is 287 g/mol. The zero-order chi connectivity index (χ0) is 15.2. The van der Waals surface area contributed by atoms with E-state index in [0.717, 1.165) is 22.2 Å². The Hall–Kier alpha value is -2.63. The van der Waals surface area contributed by atoms with Crippen molar-refractivity contribution < 1.29 is 14.7 Å². The second kappa shape index (κ2) is 6.69. The third kappa shape index (κ3) is 3.68. The SMILES string of the molecule is CCCCN(NC(=O)c1cc2ccccc2cn1)C(=O)O. The van der Waals surface area contributed by atoms with Crippen molar-refractivity contribution in [2.45, 2.75) is 19.8 Å². The lowest BCUT2D eigenvalue weighted by molar-refractivity contribution is 0.0748. The Balaban J connectivity index is 2.15. The molecule has 2 N–H and O–H groups in total. The van der Waals surface area contributed by atoms with Crippen LogP contribution in [0.15, 0.2) is 36.5 Å². The zero-order valence-electron chi connectivity index (χ0n) is 11.7. The molecule has 21 heavy (non-hydrogen) atoms. The number of fused-ring (bicyclic) bond motifs is 1. The highest BCUT2D eigenvalue weighted by Crippen LogP contribution is 2.13. The number of amides is 2. The number of rotatable bonds is 4. The lowest BCUT2D eigenvalue weighted by atomic mass is 10.1. The largest absolute Gasteiger partial charge is 0.464 e. The molecule has 2 rings (SSSR count). The molecule has 1 aromatic heterocycles. The standard InChI is InChI=1S/C15H17N3O3/c1-2-3-8-18(15(20)21)17-14(19)13-9-11-6-4-5-7-12(11)10-16-13/h4-7,9-10H,2-3,8H2,1H3,(H,17,19)(H,20,21). The molecule has 0 aliphatic carbocycles. The van der Waals surface area contributed by atoms with Gasteiger partial charge in [-0.2, -0.15) is 0 Å². The number of nitrogens with zero attached hydrogens (tertiary/aromatic N) is 2. The first-order chi connectivity index (χ1) is 10.1. The van der Waals surface area contributed by atoms with Crippen molar-refractivity contribution in [1.29, 1.82) is 0 Å². The molecule has 6 heteroatoms. The average molecular weight is 287 g/mol. The number of carbonyl (C=O) groups excluding carboxylic acids is 1. The van der Waals surface area contributed by atoms with Crippen LogP contribution >= 0.6 is 0 Å². The first-order valence-electron chi connectivity index (χ1n) is 6.78. The molecule has 0 atom stereocenters. The number of aromatic nitrogens is 1. The summed E-state index contributed by atoms with van der Waals surface area (Å²) in [4.78, 5) is 27.2. The molecule has 1 aromatic carbocycles. The lowest BCUT2D eigenvalue weighted by Gasteiger charge is -2.19. The van der Waals surface area contributed by atoms with Gasteiger partial charge in [-0.15, -0.1) is 0 Å². The quantitative estimate of drug-likeness (QED) is 0.847. The second-order valence-electron chi connectivity index (χ2n) is 4.65. The van der Waals surface area contributed by atoms with Crippen molar-refractivity contribution in [3.63, 3.8) is 0 Å². The third-order valence-corrected chi connectivity index (χ3v) is 3.07. The third-order valence-electron chi connectivity index (χ3n) is 3.07. The Kier molecular flexibility index (Phi) is 4.71. The minimum Gasteiger partial charge on any atom is -0.464 e. The number of nitrogens with one attached hydrogen (secondary N) is 1. The topological polar surface area (TPSA) is 82.5 Å². The van der Waals surface area contributed by atoms with Crippen molar-refractivity contribution in [2.75, 3.05) is 6.54 Å². The Morgan fingerprint density at radius 1 is 1.29 bits per heavy atom. The lowest BCUT2D eigenvalue weighted by Crippen LogP contribution is -2.46. The van der Waals surface area contributed by atoms with Crippen LogP contribution in [0.25, 0.3) is 10.8 Å². The fraction of sp³-hybridized carbons (Fsp3) is 0.267. The Labute approximate surface area is 122 Å². The molecule has 1 heterocycles. The summed E-state index contributed by atoms with van der Waals surface area (Å²) in [5.41, 5.74) is 2.56. The highest BCUT2D eigenvalue weighted by atomic mass is 16.4. The van der Waals surface area contributed by atoms with Gasteiger partial charge in [0.1, 0.15) is 5.69 Å². The van der Waals surface area contributed by atoms with Gasteiger partial charge in [0.15, 0.2) is 0 Å². The van der Waals surface area contributed by atoms with Gasteiger partial charge in [0.25, 0.3) is 5.91 Å². The van der Waals surface area contributed by atoms with Crippen LogP contribution in [0.5, 0.6) is 0 Å². The van der Waals surface area contributed by atoms with Gasteiger partial charge in [-0.3, -0.25) is 15.2 Å². The van der Waals surface area contributed by atoms with E-state index < -0.39 is 12.0 Å². The number of carbonyl (C=O) groups is 2. The predicted molar refractivity (Wildman–Crippen MR) is 78.8 cm³/mol. The maximum atomic E-state index is 12.1. The van der Waals surface area contributed by atoms with E-state index in [2.05, 4.69) is 10.4 Å². The first-order valence-corrected chi connectivity index (χ1v) is 6.78. The molecule has 110 valence electrons. The van der Waals surface area contributed by atoms with Crippen LogP contribution in [0.4, 0.5) is 4.79 Å². The maximum absolute atomic E-state index is 12.1. The van der Waals surface area contributed by atoms with Gasteiger partial charge in [0.2, 0.25) is 0 Å². The first kappa shape index (κ1) is 14.8. The number of hydrogen-bond donors (Lipinski definition) is 2. The summed E-state index contributed by atoms with van der Waals surface area (Å²) in [6.07, 6.45) is 1.94. The van der Waals surface area contributed by atoms with E-state index in [1.807, 2.05) is 31.2 Å². The van der Waals surface area contributed by atoms with Gasteiger partial charge in [-0.05, 0) is 17.9 Å². The molecule has 0 saturated heterocycles. The van der Waals surface area contributed by atoms with E-state index in [4.69, 9.17) is 5.11 Å². The van der Waals surface area contributed by atoms with E-state index in [-0.39, 0.29) is 12.2 Å². The van der Waals surface area contributed by atoms with Crippen LogP contribution < -0.4 is 5.43 Å². The number of carboxylic acid groups (broad SMARTS) is 1. The van der Waals surface area contributed by atoms with Crippen LogP contribution in [-0.4, -0.2) is 33.6 Å². The number of benzene rings is 1. The second-order valence-corrected chi connectivity index (χ2v) is 4.65. The summed E-state index contributed by atoms with van der Waals surface area (Å²) in [5.74, 6) is -0.528. The molecule has 0 aliphatic rings. The Bertz CT molecular complexity index is 657. The minimum atomic E-state index is -1.18. The Morgan fingerprint density at radius 3 is 2.67 bits per heavy atom. The fourth-order valence-corrected chi connectivity index (χ4v) is 1.90. The molecule has 0 fully saturated rings. The summed E-state index contributed by atoms with van der Waals surface area (Å²) in [5, 5.41) is 11.8. The van der Waals surface area contributed by atoms with Gasteiger partial charge in [0, 0.05) is 18.1 Å². The van der Waals surface area contributed by atoms with Crippen molar-refractivity contribution >= 4 is 22.8 Å². The van der Waals surface area contributed by atoms with Crippen LogP contribution in [0.1, 0.15) is 30.3 Å². The molecule has 0 saturated carbocycles. The van der Waals surface area contributed by atoms with Gasteiger partial charge in [-0.1, -0.05) is 37.6 Å². The summed E-state index contributed by atoms with van der Waals surface area (Å²) >= 11 is 0.